The summed E-state index contributed by atoms with van der Waals surface area (Å²) in [5.74, 6) is 0.137. The van der Waals surface area contributed by atoms with Crippen molar-refractivity contribution in [3.63, 3.8) is 0 Å². The molecule has 82 valence electrons. The van der Waals surface area contributed by atoms with Gasteiger partial charge in [-0.15, -0.1) is 0 Å². The first-order chi connectivity index (χ1) is 7.29. The second-order valence-electron chi connectivity index (χ2n) is 3.20. The van der Waals surface area contributed by atoms with E-state index >= 15 is 0 Å². The maximum Gasteiger partial charge on any atom is 0.185 e. The van der Waals surface area contributed by atoms with E-state index in [9.17, 15) is 0 Å². The van der Waals surface area contributed by atoms with Gasteiger partial charge in [0.25, 0.3) is 0 Å². The Kier molecular flexibility index (Phi) is 5.25. The number of hydrogen-bond acceptors (Lipinski definition) is 2. The Hall–Kier alpha value is -1.55. The second kappa shape index (κ2) is 6.84. The molecule has 1 aromatic carbocycles. The Balaban J connectivity index is 2.05. The fraction of sp³-hybridized carbons (Fsp3) is 0.364. The molecule has 0 saturated carbocycles. The van der Waals surface area contributed by atoms with Crippen molar-refractivity contribution in [1.82, 2.24) is 0 Å². The number of nitrogens with zero attached hydrogens (tertiary/aromatic N) is 1. The number of benzene rings is 1. The summed E-state index contributed by atoms with van der Waals surface area (Å²) in [6.07, 6.45) is 0.838. The van der Waals surface area contributed by atoms with Gasteiger partial charge in [-0.3, -0.25) is 4.99 Å². The van der Waals surface area contributed by atoms with E-state index < -0.39 is 0 Å². The molecule has 1 rings (SSSR count). The molecule has 0 amide bonds. The number of guanidine groups is 1. The molecule has 0 heterocycles. The fourth-order valence-electron chi connectivity index (χ4n) is 1.14. The van der Waals surface area contributed by atoms with Gasteiger partial charge in [0.05, 0.1) is 6.61 Å². The predicted molar refractivity (Wildman–Crippen MR) is 61.4 cm³/mol. The lowest BCUT2D eigenvalue weighted by atomic mass is 10.2. The van der Waals surface area contributed by atoms with Crippen molar-refractivity contribution >= 4 is 5.96 Å². The first kappa shape index (κ1) is 11.5. The first-order valence-corrected chi connectivity index (χ1v) is 4.96. The van der Waals surface area contributed by atoms with E-state index in [2.05, 4.69) is 4.99 Å². The van der Waals surface area contributed by atoms with Crippen LogP contribution in [0.25, 0.3) is 0 Å². The zero-order valence-corrected chi connectivity index (χ0v) is 8.73. The molecule has 1 aromatic rings. The van der Waals surface area contributed by atoms with Crippen LogP contribution in [0.4, 0.5) is 0 Å². The van der Waals surface area contributed by atoms with Crippen LogP contribution >= 0.6 is 0 Å². The van der Waals surface area contributed by atoms with E-state index in [0.717, 1.165) is 6.42 Å². The molecule has 0 unspecified atom stereocenters. The minimum Gasteiger partial charge on any atom is -0.377 e. The van der Waals surface area contributed by atoms with E-state index in [1.54, 1.807) is 0 Å². The first-order valence-electron chi connectivity index (χ1n) is 4.96. The smallest absolute Gasteiger partial charge is 0.185 e. The molecule has 0 aromatic heterocycles. The van der Waals surface area contributed by atoms with Gasteiger partial charge >= 0.3 is 0 Å². The van der Waals surface area contributed by atoms with Gasteiger partial charge in [-0.05, 0) is 12.0 Å². The highest BCUT2D eigenvalue weighted by Crippen LogP contribution is 2.00. The van der Waals surface area contributed by atoms with Crippen molar-refractivity contribution in [3.8, 4) is 0 Å². The number of ether oxygens (including phenoxy) is 1. The molecule has 0 saturated heterocycles. The standard InChI is InChI=1S/C11H17N3O/c12-11(13)14-7-4-8-15-9-10-5-2-1-3-6-10/h1-3,5-6H,4,7-9H2,(H4,12,13,14). The Bertz CT molecular complexity index is 294. The molecular formula is C11H17N3O. The monoisotopic (exact) mass is 207 g/mol. The van der Waals surface area contributed by atoms with Crippen LogP contribution in [0.15, 0.2) is 35.3 Å². The molecular weight excluding hydrogens is 190 g/mol. The summed E-state index contributed by atoms with van der Waals surface area (Å²) < 4.78 is 5.45. The van der Waals surface area contributed by atoms with Gasteiger partial charge in [0, 0.05) is 13.2 Å². The lowest BCUT2D eigenvalue weighted by Crippen LogP contribution is -2.23. The molecule has 0 aliphatic rings. The SMILES string of the molecule is NC(N)=NCCCOCc1ccccc1. The van der Waals surface area contributed by atoms with Crippen molar-refractivity contribution in [2.24, 2.45) is 16.5 Å². The van der Waals surface area contributed by atoms with E-state index in [1.165, 1.54) is 5.56 Å². The fourth-order valence-corrected chi connectivity index (χ4v) is 1.14. The minimum atomic E-state index is 0.137. The summed E-state index contributed by atoms with van der Waals surface area (Å²) in [4.78, 5) is 3.86. The third-order valence-electron chi connectivity index (χ3n) is 1.85. The molecule has 0 aliphatic carbocycles. The zero-order valence-electron chi connectivity index (χ0n) is 8.73. The third kappa shape index (κ3) is 5.70. The molecule has 0 spiro atoms. The van der Waals surface area contributed by atoms with Crippen molar-refractivity contribution < 1.29 is 4.74 Å². The molecule has 15 heavy (non-hydrogen) atoms. The van der Waals surface area contributed by atoms with Gasteiger partial charge in [0.1, 0.15) is 0 Å². The van der Waals surface area contributed by atoms with E-state index in [4.69, 9.17) is 16.2 Å². The van der Waals surface area contributed by atoms with Crippen molar-refractivity contribution in [3.05, 3.63) is 35.9 Å². The summed E-state index contributed by atoms with van der Waals surface area (Å²) in [5.41, 5.74) is 11.6. The molecule has 0 fully saturated rings. The van der Waals surface area contributed by atoms with Gasteiger partial charge in [-0.2, -0.15) is 0 Å². The normalized spacial score (nSPS) is 9.87. The summed E-state index contributed by atoms with van der Waals surface area (Å²) in [6.45, 7) is 1.94. The van der Waals surface area contributed by atoms with Crippen molar-refractivity contribution in [2.75, 3.05) is 13.2 Å². The zero-order chi connectivity index (χ0) is 10.9. The number of nitrogens with two attached hydrogens (primary N) is 2. The molecule has 4 heteroatoms. The Morgan fingerprint density at radius 2 is 1.93 bits per heavy atom. The molecule has 4 nitrogen and oxygen atoms in total. The van der Waals surface area contributed by atoms with Crippen molar-refractivity contribution in [1.29, 1.82) is 0 Å². The number of hydrogen-bond donors (Lipinski definition) is 2. The second-order valence-corrected chi connectivity index (χ2v) is 3.20. The summed E-state index contributed by atoms with van der Waals surface area (Å²) in [7, 11) is 0. The largest absolute Gasteiger partial charge is 0.377 e. The highest BCUT2D eigenvalue weighted by Gasteiger charge is 1.91. The Morgan fingerprint density at radius 1 is 1.20 bits per heavy atom. The molecule has 0 atom stereocenters. The van der Waals surface area contributed by atoms with Crippen LogP contribution in [-0.2, 0) is 11.3 Å². The molecule has 0 bridgehead atoms. The van der Waals surface area contributed by atoms with Crippen LogP contribution in [0.2, 0.25) is 0 Å². The number of aliphatic imine (C=N–C) groups is 1. The third-order valence-corrected chi connectivity index (χ3v) is 1.85. The van der Waals surface area contributed by atoms with Crippen LogP contribution in [0, 0.1) is 0 Å². The van der Waals surface area contributed by atoms with Crippen LogP contribution in [0.3, 0.4) is 0 Å². The van der Waals surface area contributed by atoms with Gasteiger partial charge in [-0.1, -0.05) is 30.3 Å². The van der Waals surface area contributed by atoms with Crippen LogP contribution < -0.4 is 11.5 Å². The summed E-state index contributed by atoms with van der Waals surface area (Å²) in [5, 5.41) is 0. The lowest BCUT2D eigenvalue weighted by molar-refractivity contribution is 0.120. The van der Waals surface area contributed by atoms with Gasteiger partial charge in [0.15, 0.2) is 5.96 Å². The maximum atomic E-state index is 5.45. The molecule has 0 aliphatic heterocycles. The topological polar surface area (TPSA) is 73.6 Å². The molecule has 4 N–H and O–H groups in total. The summed E-state index contributed by atoms with van der Waals surface area (Å²) >= 11 is 0. The van der Waals surface area contributed by atoms with E-state index in [-0.39, 0.29) is 5.96 Å². The molecule has 0 radical (unpaired) electrons. The highest BCUT2D eigenvalue weighted by atomic mass is 16.5. The van der Waals surface area contributed by atoms with Crippen LogP contribution in [0.5, 0.6) is 0 Å². The lowest BCUT2D eigenvalue weighted by Gasteiger charge is -2.02. The quantitative estimate of drug-likeness (QED) is 0.413. The summed E-state index contributed by atoms with van der Waals surface area (Å²) in [6, 6.07) is 10.1. The number of rotatable bonds is 6. The predicted octanol–water partition coefficient (Wildman–Crippen LogP) is 0.867. The highest BCUT2D eigenvalue weighted by molar-refractivity contribution is 5.75. The van der Waals surface area contributed by atoms with Crippen LogP contribution in [-0.4, -0.2) is 19.1 Å². The Labute approximate surface area is 89.9 Å². The van der Waals surface area contributed by atoms with Gasteiger partial charge < -0.3 is 16.2 Å². The minimum absolute atomic E-state index is 0.137. The van der Waals surface area contributed by atoms with Crippen LogP contribution in [0.1, 0.15) is 12.0 Å². The van der Waals surface area contributed by atoms with Crippen molar-refractivity contribution in [2.45, 2.75) is 13.0 Å². The van der Waals surface area contributed by atoms with Gasteiger partial charge in [-0.25, -0.2) is 0 Å². The average Bonchev–Trinajstić information content (AvgIpc) is 2.24. The van der Waals surface area contributed by atoms with Gasteiger partial charge in [0.2, 0.25) is 0 Å². The maximum absolute atomic E-state index is 5.45. The average molecular weight is 207 g/mol. The Morgan fingerprint density at radius 3 is 2.60 bits per heavy atom. The van der Waals surface area contributed by atoms with E-state index in [1.807, 2.05) is 30.3 Å². The van der Waals surface area contributed by atoms with E-state index in [0.29, 0.717) is 19.8 Å².